The molecule has 0 radical (unpaired) electrons. The summed E-state index contributed by atoms with van der Waals surface area (Å²) in [7, 11) is 0. The van der Waals surface area contributed by atoms with Crippen molar-refractivity contribution < 1.29 is 13.5 Å². The maximum absolute atomic E-state index is 13.5. The van der Waals surface area contributed by atoms with Gasteiger partial charge in [-0.15, -0.1) is 0 Å². The molecule has 2 rings (SSSR count). The summed E-state index contributed by atoms with van der Waals surface area (Å²) < 4.78 is 32.8. The fourth-order valence-electron chi connectivity index (χ4n) is 1.59. The van der Waals surface area contributed by atoms with E-state index in [9.17, 15) is 8.78 Å². The van der Waals surface area contributed by atoms with Crippen LogP contribution in [0.1, 0.15) is 11.1 Å². The average molecular weight is 392 g/mol. The van der Waals surface area contributed by atoms with Crippen molar-refractivity contribution in [3.63, 3.8) is 0 Å². The Morgan fingerprint density at radius 2 is 1.79 bits per heavy atom. The quantitative estimate of drug-likeness (QED) is 0.650. The van der Waals surface area contributed by atoms with Gasteiger partial charge >= 0.3 is 0 Å². The zero-order valence-electron chi connectivity index (χ0n) is 9.80. The minimum atomic E-state index is -0.600. The lowest BCUT2D eigenvalue weighted by molar-refractivity contribution is 0.297. The van der Waals surface area contributed by atoms with Crippen molar-refractivity contribution in [1.29, 1.82) is 0 Å². The van der Waals surface area contributed by atoms with Crippen molar-refractivity contribution in [1.82, 2.24) is 0 Å². The minimum Gasteiger partial charge on any atom is -0.488 e. The molecule has 0 atom stereocenters. The van der Waals surface area contributed by atoms with Gasteiger partial charge in [-0.3, -0.25) is 0 Å². The molecule has 0 amide bonds. The number of benzene rings is 2. The van der Waals surface area contributed by atoms with Gasteiger partial charge in [0.1, 0.15) is 24.0 Å². The molecule has 0 heterocycles. The van der Waals surface area contributed by atoms with Crippen molar-refractivity contribution >= 4 is 31.9 Å². The number of ether oxygens (including phenoxy) is 1. The molecule has 2 aromatic carbocycles. The van der Waals surface area contributed by atoms with Crippen molar-refractivity contribution in [2.45, 2.75) is 11.9 Å². The fourth-order valence-corrected chi connectivity index (χ4v) is 2.43. The molecule has 0 saturated carbocycles. The lowest BCUT2D eigenvalue weighted by atomic mass is 10.2. The third kappa shape index (κ3) is 3.76. The molecular weight excluding hydrogens is 382 g/mol. The van der Waals surface area contributed by atoms with Gasteiger partial charge in [-0.1, -0.05) is 31.9 Å². The maximum atomic E-state index is 13.5. The monoisotopic (exact) mass is 390 g/mol. The van der Waals surface area contributed by atoms with Crippen LogP contribution in [0.15, 0.2) is 40.9 Å². The van der Waals surface area contributed by atoms with Crippen LogP contribution in [0.3, 0.4) is 0 Å². The van der Waals surface area contributed by atoms with Crippen LogP contribution in [-0.2, 0) is 11.9 Å². The fraction of sp³-hybridized carbons (Fsp3) is 0.143. The first-order valence-corrected chi connectivity index (χ1v) is 7.42. The van der Waals surface area contributed by atoms with Gasteiger partial charge in [0, 0.05) is 27.0 Å². The highest BCUT2D eigenvalue weighted by Gasteiger charge is 2.07. The smallest absolute Gasteiger partial charge is 0.132 e. The van der Waals surface area contributed by atoms with Crippen LogP contribution in [0.25, 0.3) is 0 Å². The van der Waals surface area contributed by atoms with E-state index < -0.39 is 11.6 Å². The highest BCUT2D eigenvalue weighted by Crippen LogP contribution is 2.26. The number of alkyl halides is 1. The SMILES string of the molecule is Fc1ccc(COc2ccc(Br)cc2CBr)c(F)c1. The molecule has 0 aliphatic carbocycles. The van der Waals surface area contributed by atoms with Crippen LogP contribution in [0.5, 0.6) is 5.75 Å². The van der Waals surface area contributed by atoms with Gasteiger partial charge in [0.2, 0.25) is 0 Å². The van der Waals surface area contributed by atoms with Crippen molar-refractivity contribution in [3.8, 4) is 5.75 Å². The van der Waals surface area contributed by atoms with Crippen LogP contribution in [-0.4, -0.2) is 0 Å². The summed E-state index contributed by atoms with van der Waals surface area (Å²) in [5.41, 5.74) is 1.28. The molecule has 0 bridgehead atoms. The predicted molar refractivity (Wildman–Crippen MR) is 77.5 cm³/mol. The zero-order chi connectivity index (χ0) is 13.8. The number of rotatable bonds is 4. The van der Waals surface area contributed by atoms with E-state index in [1.165, 1.54) is 12.1 Å². The molecule has 0 aromatic heterocycles. The Balaban J connectivity index is 2.14. The van der Waals surface area contributed by atoms with Crippen molar-refractivity contribution in [3.05, 3.63) is 63.6 Å². The minimum absolute atomic E-state index is 0.0632. The maximum Gasteiger partial charge on any atom is 0.132 e. The molecule has 0 unspecified atom stereocenters. The Bertz CT molecular complexity index is 588. The van der Waals surface area contributed by atoms with Gasteiger partial charge in [-0.25, -0.2) is 8.78 Å². The number of halogens is 4. The van der Waals surface area contributed by atoms with Gasteiger partial charge in [-0.05, 0) is 30.3 Å². The van der Waals surface area contributed by atoms with Gasteiger partial charge in [-0.2, -0.15) is 0 Å². The normalized spacial score (nSPS) is 10.5. The molecular formula is C14H10Br2F2O. The van der Waals surface area contributed by atoms with E-state index in [1.807, 2.05) is 18.2 Å². The van der Waals surface area contributed by atoms with E-state index in [2.05, 4.69) is 31.9 Å². The molecule has 100 valence electrons. The summed E-state index contributed by atoms with van der Waals surface area (Å²) in [6, 6.07) is 9.04. The topological polar surface area (TPSA) is 9.23 Å². The third-order valence-electron chi connectivity index (χ3n) is 2.56. The second-order valence-electron chi connectivity index (χ2n) is 3.91. The first kappa shape index (κ1) is 14.5. The van der Waals surface area contributed by atoms with Gasteiger partial charge in [0.05, 0.1) is 0 Å². The summed E-state index contributed by atoms with van der Waals surface area (Å²) >= 11 is 6.74. The molecule has 0 saturated heterocycles. The van der Waals surface area contributed by atoms with Gasteiger partial charge in [0.25, 0.3) is 0 Å². The molecule has 1 nitrogen and oxygen atoms in total. The van der Waals surface area contributed by atoms with Gasteiger partial charge in [0.15, 0.2) is 0 Å². The third-order valence-corrected chi connectivity index (χ3v) is 3.66. The van der Waals surface area contributed by atoms with E-state index in [1.54, 1.807) is 0 Å². The molecule has 0 N–H and O–H groups in total. The molecule has 19 heavy (non-hydrogen) atoms. The molecule has 0 spiro atoms. The van der Waals surface area contributed by atoms with Gasteiger partial charge < -0.3 is 4.74 Å². The largest absolute Gasteiger partial charge is 0.488 e. The van der Waals surface area contributed by atoms with E-state index in [-0.39, 0.29) is 6.61 Å². The summed E-state index contributed by atoms with van der Waals surface area (Å²) in [6.45, 7) is 0.0632. The van der Waals surface area contributed by atoms with E-state index >= 15 is 0 Å². The lowest BCUT2D eigenvalue weighted by Crippen LogP contribution is -2.00. The second-order valence-corrected chi connectivity index (χ2v) is 5.39. The van der Waals surface area contributed by atoms with E-state index in [0.29, 0.717) is 16.6 Å². The Kier molecular flexibility index (Phi) is 4.93. The van der Waals surface area contributed by atoms with Crippen LogP contribution in [0.2, 0.25) is 0 Å². The summed E-state index contributed by atoms with van der Waals surface area (Å²) in [4.78, 5) is 0. The second kappa shape index (κ2) is 6.48. The van der Waals surface area contributed by atoms with Crippen LogP contribution in [0, 0.1) is 11.6 Å². The molecule has 0 fully saturated rings. The van der Waals surface area contributed by atoms with Crippen molar-refractivity contribution in [2.75, 3.05) is 0 Å². The lowest BCUT2D eigenvalue weighted by Gasteiger charge is -2.11. The molecule has 2 aromatic rings. The highest BCUT2D eigenvalue weighted by molar-refractivity contribution is 9.10. The number of hydrogen-bond donors (Lipinski definition) is 0. The highest BCUT2D eigenvalue weighted by atomic mass is 79.9. The molecule has 5 heteroatoms. The van der Waals surface area contributed by atoms with Crippen LogP contribution < -0.4 is 4.74 Å². The standard InChI is InChI=1S/C14H10Br2F2O/c15-7-10-5-11(16)2-4-14(10)19-8-9-1-3-12(17)6-13(9)18/h1-6H,7-8H2. The summed E-state index contributed by atoms with van der Waals surface area (Å²) in [5.74, 6) is -0.521. The Hall–Kier alpha value is -0.940. The van der Waals surface area contributed by atoms with E-state index in [0.717, 1.165) is 16.1 Å². The Morgan fingerprint density at radius 1 is 1.00 bits per heavy atom. The first-order chi connectivity index (χ1) is 9.10. The van der Waals surface area contributed by atoms with Crippen LogP contribution in [0.4, 0.5) is 8.78 Å². The summed E-state index contributed by atoms with van der Waals surface area (Å²) in [5, 5.41) is 0.633. The molecule has 0 aliphatic heterocycles. The molecule has 0 aliphatic rings. The van der Waals surface area contributed by atoms with Crippen molar-refractivity contribution in [2.24, 2.45) is 0 Å². The average Bonchev–Trinajstić information content (AvgIpc) is 2.39. The Labute approximate surface area is 126 Å². The zero-order valence-corrected chi connectivity index (χ0v) is 13.0. The van der Waals surface area contributed by atoms with E-state index in [4.69, 9.17) is 4.74 Å². The van der Waals surface area contributed by atoms with Crippen LogP contribution >= 0.6 is 31.9 Å². The first-order valence-electron chi connectivity index (χ1n) is 5.51. The number of hydrogen-bond acceptors (Lipinski definition) is 1. The Morgan fingerprint density at radius 3 is 2.47 bits per heavy atom. The predicted octanol–water partition coefficient (Wildman–Crippen LogP) is 5.20. The summed E-state index contributed by atoms with van der Waals surface area (Å²) in [6.07, 6.45) is 0.